The van der Waals surface area contributed by atoms with Gasteiger partial charge in [-0.3, -0.25) is 0 Å². The average Bonchev–Trinajstić information content (AvgIpc) is 2.36. The molecule has 3 nitrogen and oxygen atoms in total. The minimum absolute atomic E-state index is 0.00574. The second kappa shape index (κ2) is 4.91. The highest BCUT2D eigenvalue weighted by molar-refractivity contribution is 5.72. The molecule has 0 radical (unpaired) electrons. The molecule has 2 aromatic rings. The number of methoxy groups -OCH3 is 1. The SMILES string of the molecule is COc1cc(F)c(Nc2ccccc2N)cc1F. The van der Waals surface area contributed by atoms with Crippen molar-refractivity contribution in [1.82, 2.24) is 0 Å². The van der Waals surface area contributed by atoms with Gasteiger partial charge >= 0.3 is 0 Å². The van der Waals surface area contributed by atoms with E-state index in [1.807, 2.05) is 0 Å². The van der Waals surface area contributed by atoms with Crippen LogP contribution in [-0.4, -0.2) is 7.11 Å². The van der Waals surface area contributed by atoms with E-state index in [9.17, 15) is 8.78 Å². The summed E-state index contributed by atoms with van der Waals surface area (Å²) >= 11 is 0. The van der Waals surface area contributed by atoms with Crippen molar-refractivity contribution in [2.75, 3.05) is 18.2 Å². The fourth-order valence-corrected chi connectivity index (χ4v) is 1.54. The van der Waals surface area contributed by atoms with Crippen LogP contribution < -0.4 is 15.8 Å². The maximum atomic E-state index is 13.7. The molecule has 0 aliphatic carbocycles. The molecule has 0 bridgehead atoms. The Morgan fingerprint density at radius 1 is 1.06 bits per heavy atom. The molecule has 0 unspecified atom stereocenters. The molecule has 0 spiro atoms. The first-order valence-corrected chi connectivity index (χ1v) is 5.26. The summed E-state index contributed by atoms with van der Waals surface area (Å²) < 4.78 is 31.8. The summed E-state index contributed by atoms with van der Waals surface area (Å²) in [5.74, 6) is -1.40. The Labute approximate surface area is 103 Å². The van der Waals surface area contributed by atoms with Crippen LogP contribution in [-0.2, 0) is 0 Å². The van der Waals surface area contributed by atoms with E-state index in [0.717, 1.165) is 12.1 Å². The molecule has 0 atom stereocenters. The number of para-hydroxylation sites is 2. The molecule has 2 rings (SSSR count). The van der Waals surface area contributed by atoms with Crippen LogP contribution >= 0.6 is 0 Å². The fourth-order valence-electron chi connectivity index (χ4n) is 1.54. The molecular weight excluding hydrogens is 238 g/mol. The smallest absolute Gasteiger partial charge is 0.167 e. The van der Waals surface area contributed by atoms with Gasteiger partial charge in [0, 0.05) is 12.1 Å². The molecule has 0 aliphatic rings. The largest absolute Gasteiger partial charge is 0.494 e. The topological polar surface area (TPSA) is 47.3 Å². The number of rotatable bonds is 3. The van der Waals surface area contributed by atoms with E-state index < -0.39 is 11.6 Å². The molecule has 0 aliphatic heterocycles. The van der Waals surface area contributed by atoms with E-state index in [4.69, 9.17) is 5.73 Å². The molecule has 0 heterocycles. The van der Waals surface area contributed by atoms with Crippen molar-refractivity contribution in [3.63, 3.8) is 0 Å². The lowest BCUT2D eigenvalue weighted by atomic mass is 10.2. The summed E-state index contributed by atoms with van der Waals surface area (Å²) in [6.07, 6.45) is 0. The van der Waals surface area contributed by atoms with Crippen LogP contribution in [0.3, 0.4) is 0 Å². The van der Waals surface area contributed by atoms with E-state index in [-0.39, 0.29) is 11.4 Å². The number of anilines is 3. The number of benzene rings is 2. The Kier molecular flexibility index (Phi) is 3.32. The molecule has 0 aromatic heterocycles. The second-order valence-electron chi connectivity index (χ2n) is 3.68. The van der Waals surface area contributed by atoms with Crippen LogP contribution in [0.5, 0.6) is 5.75 Å². The summed E-state index contributed by atoms with van der Waals surface area (Å²) in [6, 6.07) is 8.86. The third-order valence-electron chi connectivity index (χ3n) is 2.47. The van der Waals surface area contributed by atoms with E-state index in [0.29, 0.717) is 11.4 Å². The number of hydrogen-bond donors (Lipinski definition) is 2. The Morgan fingerprint density at radius 3 is 2.44 bits per heavy atom. The minimum Gasteiger partial charge on any atom is -0.494 e. The van der Waals surface area contributed by atoms with Gasteiger partial charge in [0.15, 0.2) is 17.4 Å². The summed E-state index contributed by atoms with van der Waals surface area (Å²) in [5, 5.41) is 2.74. The Hall–Kier alpha value is -2.30. The van der Waals surface area contributed by atoms with Crippen molar-refractivity contribution in [2.24, 2.45) is 0 Å². The van der Waals surface area contributed by atoms with Crippen molar-refractivity contribution in [3.05, 3.63) is 48.0 Å². The molecule has 0 saturated carbocycles. The lowest BCUT2D eigenvalue weighted by Crippen LogP contribution is -1.99. The first-order valence-electron chi connectivity index (χ1n) is 5.26. The van der Waals surface area contributed by atoms with Gasteiger partial charge < -0.3 is 15.8 Å². The Balaban J connectivity index is 2.35. The first-order chi connectivity index (χ1) is 8.61. The maximum Gasteiger partial charge on any atom is 0.167 e. The molecule has 0 amide bonds. The molecule has 94 valence electrons. The van der Waals surface area contributed by atoms with E-state index in [1.54, 1.807) is 24.3 Å². The van der Waals surface area contributed by atoms with Gasteiger partial charge in [-0.1, -0.05) is 12.1 Å². The minimum atomic E-state index is -0.643. The lowest BCUT2D eigenvalue weighted by Gasteiger charge is -2.11. The number of nitrogens with two attached hydrogens (primary N) is 1. The summed E-state index contributed by atoms with van der Waals surface area (Å²) in [5.41, 5.74) is 6.68. The number of hydrogen-bond acceptors (Lipinski definition) is 3. The second-order valence-corrected chi connectivity index (χ2v) is 3.68. The number of halogens is 2. The zero-order chi connectivity index (χ0) is 13.1. The fraction of sp³-hybridized carbons (Fsp3) is 0.0769. The van der Waals surface area contributed by atoms with Crippen LogP contribution in [0.15, 0.2) is 36.4 Å². The van der Waals surface area contributed by atoms with Crippen LogP contribution in [0.1, 0.15) is 0 Å². The monoisotopic (exact) mass is 250 g/mol. The van der Waals surface area contributed by atoms with Crippen LogP contribution in [0.2, 0.25) is 0 Å². The highest BCUT2D eigenvalue weighted by atomic mass is 19.1. The van der Waals surface area contributed by atoms with Gasteiger partial charge in [0.2, 0.25) is 0 Å². The summed E-state index contributed by atoms with van der Waals surface area (Å²) in [7, 11) is 1.28. The molecule has 2 aromatic carbocycles. The van der Waals surface area contributed by atoms with Crippen LogP contribution in [0, 0.1) is 11.6 Å². The van der Waals surface area contributed by atoms with Gasteiger partial charge in [-0.25, -0.2) is 8.78 Å². The highest BCUT2D eigenvalue weighted by Crippen LogP contribution is 2.29. The maximum absolute atomic E-state index is 13.7. The molecule has 0 fully saturated rings. The van der Waals surface area contributed by atoms with Crippen molar-refractivity contribution in [2.45, 2.75) is 0 Å². The summed E-state index contributed by atoms with van der Waals surface area (Å²) in [6.45, 7) is 0. The van der Waals surface area contributed by atoms with Gasteiger partial charge in [-0.05, 0) is 12.1 Å². The van der Waals surface area contributed by atoms with E-state index >= 15 is 0 Å². The van der Waals surface area contributed by atoms with Gasteiger partial charge in [-0.15, -0.1) is 0 Å². The van der Waals surface area contributed by atoms with Crippen molar-refractivity contribution in [3.8, 4) is 5.75 Å². The number of nitrogens with one attached hydrogen (secondary N) is 1. The Bertz CT molecular complexity index is 573. The zero-order valence-corrected chi connectivity index (χ0v) is 9.71. The molecule has 3 N–H and O–H groups in total. The third-order valence-corrected chi connectivity index (χ3v) is 2.47. The highest BCUT2D eigenvalue weighted by Gasteiger charge is 2.11. The predicted molar refractivity (Wildman–Crippen MR) is 67.0 cm³/mol. The third kappa shape index (κ3) is 2.34. The van der Waals surface area contributed by atoms with Gasteiger partial charge in [-0.2, -0.15) is 0 Å². The normalized spacial score (nSPS) is 10.2. The summed E-state index contributed by atoms with van der Waals surface area (Å²) in [4.78, 5) is 0. The molecular formula is C13H12F2N2O. The molecule has 5 heteroatoms. The average molecular weight is 250 g/mol. The van der Waals surface area contributed by atoms with Crippen molar-refractivity contribution < 1.29 is 13.5 Å². The predicted octanol–water partition coefficient (Wildman–Crippen LogP) is 3.30. The Morgan fingerprint density at radius 2 is 1.78 bits per heavy atom. The van der Waals surface area contributed by atoms with Crippen LogP contribution in [0.4, 0.5) is 25.8 Å². The number of ether oxygens (including phenoxy) is 1. The molecule has 0 saturated heterocycles. The van der Waals surface area contributed by atoms with Crippen molar-refractivity contribution >= 4 is 17.1 Å². The van der Waals surface area contributed by atoms with Gasteiger partial charge in [0.25, 0.3) is 0 Å². The molecule has 18 heavy (non-hydrogen) atoms. The van der Waals surface area contributed by atoms with Gasteiger partial charge in [0.1, 0.15) is 0 Å². The van der Waals surface area contributed by atoms with Gasteiger partial charge in [0.05, 0.1) is 24.2 Å². The van der Waals surface area contributed by atoms with Crippen molar-refractivity contribution in [1.29, 1.82) is 0 Å². The van der Waals surface area contributed by atoms with E-state index in [2.05, 4.69) is 10.1 Å². The van der Waals surface area contributed by atoms with E-state index in [1.165, 1.54) is 7.11 Å². The lowest BCUT2D eigenvalue weighted by molar-refractivity contribution is 0.383. The standard InChI is InChI=1S/C13H12F2N2O/c1-18-13-7-8(14)12(6-9(13)15)17-11-5-3-2-4-10(11)16/h2-7,17H,16H2,1H3. The number of nitrogen functional groups attached to an aromatic ring is 1. The quantitative estimate of drug-likeness (QED) is 0.822. The first kappa shape index (κ1) is 12.2. The van der Waals surface area contributed by atoms with Crippen LogP contribution in [0.25, 0.3) is 0 Å². The zero-order valence-electron chi connectivity index (χ0n) is 9.71.